The summed E-state index contributed by atoms with van der Waals surface area (Å²) in [6.45, 7) is 9.19. The highest BCUT2D eigenvalue weighted by molar-refractivity contribution is 7.89. The molecule has 2 atom stereocenters. The van der Waals surface area contributed by atoms with Crippen LogP contribution in [-0.4, -0.2) is 113 Å². The van der Waals surface area contributed by atoms with E-state index in [9.17, 15) is 64.8 Å². The van der Waals surface area contributed by atoms with Crippen LogP contribution in [0.5, 0.6) is 0 Å². The summed E-state index contributed by atoms with van der Waals surface area (Å²) in [5.41, 5.74) is -2.65. The van der Waals surface area contributed by atoms with Gasteiger partial charge in [-0.05, 0) is 69.0 Å². The summed E-state index contributed by atoms with van der Waals surface area (Å²) in [5.74, 6) is -3.48. The van der Waals surface area contributed by atoms with Crippen molar-refractivity contribution in [2.24, 2.45) is 0 Å². The van der Waals surface area contributed by atoms with Crippen molar-refractivity contribution in [2.75, 3.05) is 37.7 Å². The zero-order valence-electron chi connectivity index (χ0n) is 40.1. The molecule has 0 saturated heterocycles. The van der Waals surface area contributed by atoms with Gasteiger partial charge in [-0.15, -0.1) is 20.4 Å². The summed E-state index contributed by atoms with van der Waals surface area (Å²) >= 11 is 0. The van der Waals surface area contributed by atoms with Gasteiger partial charge in [0.25, 0.3) is 23.6 Å². The molecule has 0 bridgehead atoms. The van der Waals surface area contributed by atoms with Crippen LogP contribution in [0.1, 0.15) is 98.1 Å². The lowest BCUT2D eigenvalue weighted by molar-refractivity contribution is -0.0539. The maximum absolute atomic E-state index is 14.8. The first-order valence-electron chi connectivity index (χ1n) is 21.9. The molecule has 2 unspecified atom stereocenters. The van der Waals surface area contributed by atoms with Crippen molar-refractivity contribution in [3.63, 3.8) is 0 Å². The summed E-state index contributed by atoms with van der Waals surface area (Å²) in [6.07, 6.45) is -0.160. The third kappa shape index (κ3) is 17.3. The molecule has 0 spiro atoms. The van der Waals surface area contributed by atoms with Crippen LogP contribution < -0.4 is 4.72 Å². The maximum atomic E-state index is 14.8. The van der Waals surface area contributed by atoms with Crippen molar-refractivity contribution in [1.29, 1.82) is 0 Å². The number of rotatable bonds is 21. The first kappa shape index (κ1) is 60.5. The SMILES string of the molecule is CCN(CC(Cc1ncc(-c2nnc(C(F)F)o2)cn1)c1ccc(C)cc1F)S(=O)(=O)CC.CCOS(=O)(=O)C(F)(F)F.CCS(=O)(=O)NCC(Cc1ncc(-c2nnc(C(F)F)o2)cn1)c1ccc(C)cc1F. The molecule has 0 radical (unpaired) electrons. The Hall–Kier alpha value is -6.02. The zero-order valence-corrected chi connectivity index (χ0v) is 42.5. The summed E-state index contributed by atoms with van der Waals surface area (Å²) in [6, 6.07) is 9.51. The quantitative estimate of drug-likeness (QED) is 0.0407. The van der Waals surface area contributed by atoms with Crippen LogP contribution in [0.25, 0.3) is 22.9 Å². The summed E-state index contributed by atoms with van der Waals surface area (Å²) < 4.78 is 199. The predicted molar refractivity (Wildman–Crippen MR) is 246 cm³/mol. The highest BCUT2D eigenvalue weighted by Gasteiger charge is 2.47. The number of hydrogen-bond acceptors (Lipinski definition) is 17. The number of aromatic nitrogens is 8. The molecule has 0 amide bonds. The Balaban J connectivity index is 0.000000271. The average Bonchev–Trinajstić information content (AvgIpc) is 4.05. The molecule has 4 aromatic heterocycles. The third-order valence-electron chi connectivity index (χ3n) is 10.2. The van der Waals surface area contributed by atoms with E-state index in [1.807, 2.05) is 0 Å². The van der Waals surface area contributed by atoms with Gasteiger partial charge >= 0.3 is 28.5 Å². The number of alkyl halides is 7. The van der Waals surface area contributed by atoms with Crippen molar-refractivity contribution in [3.8, 4) is 22.9 Å². The van der Waals surface area contributed by atoms with Crippen LogP contribution >= 0.6 is 0 Å². The fourth-order valence-corrected chi connectivity index (χ4v) is 8.64. The molecular weight excluding hydrogens is 1070 g/mol. The Morgan fingerprint density at radius 1 is 0.649 bits per heavy atom. The fourth-order valence-electron chi connectivity index (χ4n) is 6.37. The van der Waals surface area contributed by atoms with Gasteiger partial charge in [-0.3, -0.25) is 4.18 Å². The standard InChI is InChI=1S/C21H24F3N5O3S.C19H20F3N5O3S.C3H5F3O3S/c1-4-29(33(30,31)5-2)12-14(16-7-6-13(3)8-17(16)22)9-18-25-10-15(11-26-18)20-27-28-21(32-20)19(23)24;1-3-31(28,29)25-10-12(14-5-4-11(2)6-15(14)20)7-16-23-8-13(9-24-16)18-26-27-19(30-18)17(21)22;1-2-9-10(7,8)3(4,5)6/h6-8,10-11,14,19H,4-5,9,12H2,1-3H3;4-6,8-9,12,17,25H,3,7,10H2,1-2H3;2H2,1H3. The molecule has 2 aromatic carbocycles. The second-order valence-electron chi connectivity index (χ2n) is 15.5. The monoisotopic (exact) mass is 1120 g/mol. The van der Waals surface area contributed by atoms with Gasteiger partial charge in [-0.2, -0.15) is 39.2 Å². The molecule has 0 aliphatic heterocycles. The van der Waals surface area contributed by atoms with Crippen molar-refractivity contribution in [2.45, 2.75) is 84.6 Å². The van der Waals surface area contributed by atoms with Crippen LogP contribution in [0.15, 0.2) is 70.0 Å². The number of benzene rings is 2. The highest BCUT2D eigenvalue weighted by Crippen LogP contribution is 2.29. The minimum atomic E-state index is -5.35. The molecular formula is C43H49F9N10O9S3. The normalized spacial score (nSPS) is 13.1. The van der Waals surface area contributed by atoms with E-state index in [1.165, 1.54) is 48.1 Å². The number of sulfonamides is 2. The van der Waals surface area contributed by atoms with Crippen LogP contribution in [0.3, 0.4) is 0 Å². The van der Waals surface area contributed by atoms with Gasteiger partial charge in [0.15, 0.2) is 0 Å². The van der Waals surface area contributed by atoms with Crippen molar-refractivity contribution < 1.29 is 77.8 Å². The summed E-state index contributed by atoms with van der Waals surface area (Å²) in [5, 5.41) is 13.6. The van der Waals surface area contributed by atoms with Crippen LogP contribution in [0.4, 0.5) is 39.5 Å². The summed E-state index contributed by atoms with van der Waals surface area (Å²) in [4.78, 5) is 16.8. The first-order valence-corrected chi connectivity index (χ1v) is 26.6. The van der Waals surface area contributed by atoms with Gasteiger partial charge < -0.3 is 8.83 Å². The summed E-state index contributed by atoms with van der Waals surface area (Å²) in [7, 11) is -12.3. The highest BCUT2D eigenvalue weighted by atomic mass is 32.2. The van der Waals surface area contributed by atoms with Crippen molar-refractivity contribution in [3.05, 3.63) is 119 Å². The van der Waals surface area contributed by atoms with Gasteiger partial charge in [-0.1, -0.05) is 31.2 Å². The Kier molecular flexibility index (Phi) is 21.6. The number of nitrogens with zero attached hydrogens (tertiary/aromatic N) is 9. The zero-order chi connectivity index (χ0) is 55.2. The minimum Gasteiger partial charge on any atom is -0.415 e. The Bertz CT molecular complexity index is 3100. The third-order valence-corrected chi connectivity index (χ3v) is 14.6. The van der Waals surface area contributed by atoms with E-state index in [2.05, 4.69) is 49.2 Å². The van der Waals surface area contributed by atoms with E-state index < -0.39 is 90.4 Å². The first-order chi connectivity index (χ1) is 34.6. The molecule has 0 saturated carbocycles. The van der Waals surface area contributed by atoms with E-state index >= 15 is 0 Å². The van der Waals surface area contributed by atoms with Gasteiger partial charge in [0.1, 0.15) is 23.3 Å². The second kappa shape index (κ2) is 26.5. The molecule has 74 heavy (non-hydrogen) atoms. The van der Waals surface area contributed by atoms with E-state index in [-0.39, 0.29) is 66.9 Å². The Labute approximate surface area is 419 Å². The van der Waals surface area contributed by atoms with E-state index in [0.29, 0.717) is 22.8 Å². The van der Waals surface area contributed by atoms with Crippen molar-refractivity contribution >= 4 is 30.2 Å². The minimum absolute atomic E-state index is 0.0390. The molecule has 0 fully saturated rings. The van der Waals surface area contributed by atoms with Crippen LogP contribution in [0.2, 0.25) is 0 Å². The van der Waals surface area contributed by atoms with Gasteiger partial charge in [0.2, 0.25) is 20.0 Å². The predicted octanol–water partition coefficient (Wildman–Crippen LogP) is 7.96. The molecule has 406 valence electrons. The van der Waals surface area contributed by atoms with E-state index in [1.54, 1.807) is 52.0 Å². The van der Waals surface area contributed by atoms with E-state index in [4.69, 9.17) is 8.83 Å². The number of hydrogen-bond donors (Lipinski definition) is 1. The van der Waals surface area contributed by atoms with Gasteiger partial charge in [0.05, 0.1) is 29.2 Å². The number of nitrogens with one attached hydrogen (secondary N) is 1. The average molecular weight is 1120 g/mol. The lowest BCUT2D eigenvalue weighted by Gasteiger charge is -2.26. The number of likely N-dealkylation sites (N-methyl/N-ethyl adjacent to an activating group) is 1. The smallest absolute Gasteiger partial charge is 0.415 e. The molecule has 6 rings (SSSR count). The van der Waals surface area contributed by atoms with Gasteiger partial charge in [0, 0.05) is 69.1 Å². The maximum Gasteiger partial charge on any atom is 0.523 e. The second-order valence-corrected chi connectivity index (χ2v) is 21.5. The lowest BCUT2D eigenvalue weighted by atomic mass is 9.93. The topological polar surface area (TPSA) is 256 Å². The van der Waals surface area contributed by atoms with Crippen LogP contribution in [-0.2, 0) is 47.2 Å². The van der Waals surface area contributed by atoms with Crippen LogP contribution in [0, 0.1) is 25.5 Å². The molecule has 6 aromatic rings. The fraction of sp³-hybridized carbons (Fsp3) is 0.442. The lowest BCUT2D eigenvalue weighted by Crippen LogP contribution is -2.36. The molecule has 19 nitrogen and oxygen atoms in total. The Morgan fingerprint density at radius 2 is 1.08 bits per heavy atom. The molecule has 0 aliphatic rings. The van der Waals surface area contributed by atoms with Gasteiger partial charge in [-0.25, -0.2) is 54.6 Å². The number of halogens is 9. The molecule has 0 aliphatic carbocycles. The Morgan fingerprint density at radius 3 is 1.42 bits per heavy atom. The van der Waals surface area contributed by atoms with E-state index in [0.717, 1.165) is 18.1 Å². The largest absolute Gasteiger partial charge is 0.523 e. The molecule has 1 N–H and O–H groups in total. The number of aryl methyl sites for hydroxylation is 2. The molecule has 31 heteroatoms. The molecule has 4 heterocycles. The van der Waals surface area contributed by atoms with Crippen molar-refractivity contribution in [1.82, 2.24) is 49.4 Å².